The highest BCUT2D eigenvalue weighted by molar-refractivity contribution is 5.93. The lowest BCUT2D eigenvalue weighted by Gasteiger charge is -2.42. The predicted molar refractivity (Wildman–Crippen MR) is 138 cm³/mol. The molecule has 9 nitrogen and oxygen atoms in total. The zero-order valence-corrected chi connectivity index (χ0v) is 20.9. The van der Waals surface area contributed by atoms with Crippen LogP contribution >= 0.6 is 0 Å². The van der Waals surface area contributed by atoms with E-state index in [0.717, 1.165) is 98.3 Å². The van der Waals surface area contributed by atoms with E-state index in [1.807, 2.05) is 16.8 Å². The van der Waals surface area contributed by atoms with Gasteiger partial charge >= 0.3 is 0 Å². The number of aromatic amines is 1. The minimum Gasteiger partial charge on any atom is -0.378 e. The van der Waals surface area contributed by atoms with Crippen molar-refractivity contribution >= 4 is 22.4 Å². The van der Waals surface area contributed by atoms with E-state index < -0.39 is 0 Å². The molecule has 2 fully saturated rings. The third-order valence-corrected chi connectivity index (χ3v) is 7.26. The molecule has 5 heterocycles. The SMILES string of the molecule is CC(C)(C)N1CCN(Cc2cc3nc(-c4cccc5[nH]ncc45)cc(N4CCOCC4)n3n2)CC1. The van der Waals surface area contributed by atoms with Crippen LogP contribution in [0.3, 0.4) is 0 Å². The number of hydrogen-bond acceptors (Lipinski definition) is 7. The summed E-state index contributed by atoms with van der Waals surface area (Å²) in [6.45, 7) is 15.2. The topological polar surface area (TPSA) is 77.8 Å². The third kappa shape index (κ3) is 4.39. The summed E-state index contributed by atoms with van der Waals surface area (Å²) < 4.78 is 7.64. The number of rotatable bonds is 4. The highest BCUT2D eigenvalue weighted by atomic mass is 16.5. The van der Waals surface area contributed by atoms with Gasteiger partial charge in [0.25, 0.3) is 0 Å². The Morgan fingerprint density at radius 3 is 2.57 bits per heavy atom. The van der Waals surface area contributed by atoms with E-state index in [9.17, 15) is 0 Å². The second-order valence-corrected chi connectivity index (χ2v) is 10.6. The maximum atomic E-state index is 5.62. The van der Waals surface area contributed by atoms with Crippen molar-refractivity contribution in [2.75, 3.05) is 57.4 Å². The molecule has 0 atom stereocenters. The average molecular weight is 475 g/mol. The molecule has 0 amide bonds. The zero-order chi connectivity index (χ0) is 24.0. The second-order valence-electron chi connectivity index (χ2n) is 10.6. The Hall–Kier alpha value is -3.01. The number of nitrogens with one attached hydrogen (secondary N) is 1. The minimum atomic E-state index is 0.223. The minimum absolute atomic E-state index is 0.223. The molecule has 35 heavy (non-hydrogen) atoms. The molecular formula is C26H34N8O. The van der Waals surface area contributed by atoms with Crippen molar-refractivity contribution in [1.82, 2.24) is 34.6 Å². The molecule has 4 aromatic rings. The van der Waals surface area contributed by atoms with E-state index in [0.29, 0.717) is 0 Å². The Morgan fingerprint density at radius 2 is 1.80 bits per heavy atom. The number of anilines is 1. The Kier molecular flexibility index (Phi) is 5.70. The number of morpholine rings is 1. The van der Waals surface area contributed by atoms with Crippen LogP contribution in [0.15, 0.2) is 36.5 Å². The predicted octanol–water partition coefficient (Wildman–Crippen LogP) is 3.03. The summed E-state index contributed by atoms with van der Waals surface area (Å²) in [4.78, 5) is 12.5. The molecule has 0 aliphatic carbocycles. The van der Waals surface area contributed by atoms with Gasteiger partial charge in [0.05, 0.1) is 36.3 Å². The number of aromatic nitrogens is 5. The fourth-order valence-corrected chi connectivity index (χ4v) is 5.24. The maximum absolute atomic E-state index is 5.62. The molecule has 1 aromatic carbocycles. The van der Waals surface area contributed by atoms with Crippen LogP contribution < -0.4 is 4.90 Å². The zero-order valence-electron chi connectivity index (χ0n) is 20.9. The summed E-state index contributed by atoms with van der Waals surface area (Å²) in [6.07, 6.45) is 1.88. The van der Waals surface area contributed by atoms with Crippen LogP contribution in [-0.2, 0) is 11.3 Å². The molecule has 0 bridgehead atoms. The highest BCUT2D eigenvalue weighted by Gasteiger charge is 2.26. The van der Waals surface area contributed by atoms with Crippen LogP contribution in [0.25, 0.3) is 27.8 Å². The van der Waals surface area contributed by atoms with Gasteiger partial charge in [-0.3, -0.25) is 14.9 Å². The first-order chi connectivity index (χ1) is 17.0. The van der Waals surface area contributed by atoms with Crippen LogP contribution in [0, 0.1) is 0 Å². The van der Waals surface area contributed by atoms with Crippen molar-refractivity contribution in [3.05, 3.63) is 42.2 Å². The van der Waals surface area contributed by atoms with E-state index in [4.69, 9.17) is 14.8 Å². The van der Waals surface area contributed by atoms with Crippen LogP contribution in [0.2, 0.25) is 0 Å². The first-order valence-electron chi connectivity index (χ1n) is 12.6. The summed E-state index contributed by atoms with van der Waals surface area (Å²) >= 11 is 0. The quantitative estimate of drug-likeness (QED) is 0.487. The van der Waals surface area contributed by atoms with E-state index in [-0.39, 0.29) is 5.54 Å². The number of piperazine rings is 1. The first kappa shape index (κ1) is 22.5. The number of benzene rings is 1. The van der Waals surface area contributed by atoms with Gasteiger partial charge in [-0.2, -0.15) is 14.7 Å². The van der Waals surface area contributed by atoms with Crippen LogP contribution in [0.4, 0.5) is 5.82 Å². The van der Waals surface area contributed by atoms with E-state index in [1.165, 1.54) is 0 Å². The molecule has 9 heteroatoms. The Bertz CT molecular complexity index is 1320. The number of ether oxygens (including phenoxy) is 1. The molecule has 6 rings (SSSR count). The number of fused-ring (bicyclic) bond motifs is 2. The molecular weight excluding hydrogens is 440 g/mol. The maximum Gasteiger partial charge on any atom is 0.158 e. The van der Waals surface area contributed by atoms with Gasteiger partial charge in [0, 0.05) is 74.4 Å². The average Bonchev–Trinajstić information content (AvgIpc) is 3.50. The monoisotopic (exact) mass is 474 g/mol. The van der Waals surface area contributed by atoms with Gasteiger partial charge in [-0.25, -0.2) is 4.98 Å². The van der Waals surface area contributed by atoms with Crippen LogP contribution in [0.5, 0.6) is 0 Å². The summed E-state index contributed by atoms with van der Waals surface area (Å²) in [5.74, 6) is 1.07. The Morgan fingerprint density at radius 1 is 1.00 bits per heavy atom. The van der Waals surface area contributed by atoms with Gasteiger partial charge in [0.1, 0.15) is 5.82 Å². The number of hydrogen-bond donors (Lipinski definition) is 1. The highest BCUT2D eigenvalue weighted by Crippen LogP contribution is 2.30. The van der Waals surface area contributed by atoms with Gasteiger partial charge in [0.2, 0.25) is 0 Å². The molecule has 0 unspecified atom stereocenters. The van der Waals surface area contributed by atoms with Crippen LogP contribution in [-0.4, -0.2) is 92.6 Å². The largest absolute Gasteiger partial charge is 0.378 e. The Labute approximate surface area is 205 Å². The Balaban J connectivity index is 1.35. The molecule has 0 spiro atoms. The van der Waals surface area contributed by atoms with Crippen LogP contribution in [0.1, 0.15) is 26.5 Å². The summed E-state index contributed by atoms with van der Waals surface area (Å²) in [6, 6.07) is 10.5. The van der Waals surface area contributed by atoms with Gasteiger partial charge in [0.15, 0.2) is 5.65 Å². The van der Waals surface area contributed by atoms with Crippen molar-refractivity contribution in [3.8, 4) is 11.3 Å². The lowest BCUT2D eigenvalue weighted by molar-refractivity contribution is 0.0585. The number of nitrogens with zero attached hydrogens (tertiary/aromatic N) is 7. The fraction of sp³-hybridized carbons (Fsp3) is 0.500. The standard InChI is InChI=1S/C26H34N8O/c1-26(2,3)33-9-7-31(8-10-33)18-19-15-24-28-23(20-5-4-6-22-21(20)17-27-29-22)16-25(34(24)30-19)32-11-13-35-14-12-32/h4-6,15-17H,7-14,18H2,1-3H3,(H,27,29). The van der Waals surface area contributed by atoms with Crippen molar-refractivity contribution < 1.29 is 4.74 Å². The molecule has 0 saturated carbocycles. The lowest BCUT2D eigenvalue weighted by Crippen LogP contribution is -2.53. The van der Waals surface area contributed by atoms with E-state index >= 15 is 0 Å². The number of H-pyrrole nitrogens is 1. The molecule has 184 valence electrons. The van der Waals surface area contributed by atoms with Gasteiger partial charge in [-0.1, -0.05) is 12.1 Å². The van der Waals surface area contributed by atoms with Gasteiger partial charge in [-0.15, -0.1) is 0 Å². The second kappa shape index (κ2) is 8.89. The normalized spacial score (nSPS) is 18.7. The molecule has 1 N–H and O–H groups in total. The first-order valence-corrected chi connectivity index (χ1v) is 12.6. The summed E-state index contributed by atoms with van der Waals surface area (Å²) in [5.41, 5.74) is 5.20. The lowest BCUT2D eigenvalue weighted by atomic mass is 10.0. The van der Waals surface area contributed by atoms with Gasteiger partial charge < -0.3 is 9.64 Å². The van der Waals surface area contributed by atoms with Crippen molar-refractivity contribution in [2.45, 2.75) is 32.9 Å². The molecule has 0 radical (unpaired) electrons. The summed E-state index contributed by atoms with van der Waals surface area (Å²) in [5, 5.41) is 13.4. The molecule has 2 saturated heterocycles. The molecule has 2 aliphatic heterocycles. The smallest absolute Gasteiger partial charge is 0.158 e. The van der Waals surface area contributed by atoms with Gasteiger partial charge in [-0.05, 0) is 26.8 Å². The van der Waals surface area contributed by atoms with E-state index in [2.05, 4.69) is 69.9 Å². The summed E-state index contributed by atoms with van der Waals surface area (Å²) in [7, 11) is 0. The fourth-order valence-electron chi connectivity index (χ4n) is 5.24. The van der Waals surface area contributed by atoms with Crippen molar-refractivity contribution in [2.24, 2.45) is 0 Å². The molecule has 3 aromatic heterocycles. The third-order valence-electron chi connectivity index (χ3n) is 7.26. The van der Waals surface area contributed by atoms with E-state index in [1.54, 1.807) is 0 Å². The van der Waals surface area contributed by atoms with Crippen molar-refractivity contribution in [3.63, 3.8) is 0 Å². The van der Waals surface area contributed by atoms with Crippen molar-refractivity contribution in [1.29, 1.82) is 0 Å². The molecule has 2 aliphatic rings.